The summed E-state index contributed by atoms with van der Waals surface area (Å²) in [6.07, 6.45) is 7.59. The monoisotopic (exact) mass is 382 g/mol. The Morgan fingerprint density at radius 3 is 2.72 bits per heavy atom. The van der Waals surface area contributed by atoms with Gasteiger partial charge in [-0.3, -0.25) is 4.79 Å². The van der Waals surface area contributed by atoms with E-state index in [4.69, 9.17) is 17.0 Å². The third-order valence-electron chi connectivity index (χ3n) is 4.14. The van der Waals surface area contributed by atoms with Gasteiger partial charge < -0.3 is 15.4 Å². The molecule has 0 unspecified atom stereocenters. The molecular weight excluding hydrogens is 356 g/mol. The summed E-state index contributed by atoms with van der Waals surface area (Å²) in [5.41, 5.74) is 1.65. The normalized spacial score (nSPS) is 12.6. The molecule has 0 saturated carbocycles. The molecule has 1 aliphatic rings. The molecule has 0 spiro atoms. The maximum atomic E-state index is 12.3. The SMILES string of the molecule is CCCCCCC(=O)NC(=S)Nc1sc2c(c1C(=O)OCC)CCC2. The van der Waals surface area contributed by atoms with Crippen LogP contribution in [0.25, 0.3) is 0 Å². The van der Waals surface area contributed by atoms with Crippen LogP contribution in [0.4, 0.5) is 5.00 Å². The van der Waals surface area contributed by atoms with E-state index in [1.165, 1.54) is 16.2 Å². The predicted octanol–water partition coefficient (Wildman–Crippen LogP) is 4.20. The molecular formula is C18H26N2O3S2. The van der Waals surface area contributed by atoms with E-state index in [1.54, 1.807) is 6.92 Å². The molecule has 1 amide bonds. The highest BCUT2D eigenvalue weighted by atomic mass is 32.1. The molecule has 138 valence electrons. The van der Waals surface area contributed by atoms with Gasteiger partial charge in [0, 0.05) is 11.3 Å². The second kappa shape index (κ2) is 9.87. The van der Waals surface area contributed by atoms with Crippen LogP contribution in [0.15, 0.2) is 0 Å². The Balaban J connectivity index is 1.96. The Bertz CT molecular complexity index is 641. The standard InChI is InChI=1S/C18H26N2O3S2/c1-3-5-6-7-11-14(21)19-18(24)20-16-15(17(22)23-4-2)12-9-8-10-13(12)25-16/h3-11H2,1-2H3,(H2,19,20,21,24). The fourth-order valence-corrected chi connectivity index (χ4v) is 4.51. The maximum Gasteiger partial charge on any atom is 0.341 e. The number of fused-ring (bicyclic) bond motifs is 1. The van der Waals surface area contributed by atoms with Gasteiger partial charge in [-0.05, 0) is 50.4 Å². The van der Waals surface area contributed by atoms with E-state index in [1.807, 2.05) is 0 Å². The highest BCUT2D eigenvalue weighted by Crippen LogP contribution is 2.39. The van der Waals surface area contributed by atoms with E-state index in [0.29, 0.717) is 23.6 Å². The van der Waals surface area contributed by atoms with Gasteiger partial charge in [0.1, 0.15) is 5.00 Å². The number of aryl methyl sites for hydroxylation is 1. The highest BCUT2D eigenvalue weighted by molar-refractivity contribution is 7.80. The Hall–Kier alpha value is -1.47. The van der Waals surface area contributed by atoms with Gasteiger partial charge in [-0.1, -0.05) is 26.2 Å². The summed E-state index contributed by atoms with van der Waals surface area (Å²) in [7, 11) is 0. The molecule has 1 aliphatic carbocycles. The molecule has 0 aromatic carbocycles. The zero-order valence-corrected chi connectivity index (χ0v) is 16.5. The summed E-state index contributed by atoms with van der Waals surface area (Å²) >= 11 is 6.77. The van der Waals surface area contributed by atoms with E-state index < -0.39 is 0 Å². The number of ether oxygens (including phenoxy) is 1. The van der Waals surface area contributed by atoms with Crippen molar-refractivity contribution in [1.82, 2.24) is 5.32 Å². The Labute approximate surface area is 158 Å². The van der Waals surface area contributed by atoms with Gasteiger partial charge in [0.15, 0.2) is 5.11 Å². The summed E-state index contributed by atoms with van der Waals surface area (Å²) in [5.74, 6) is -0.409. The average Bonchev–Trinajstić information content (AvgIpc) is 3.12. The second-order valence-corrected chi connectivity index (χ2v) is 7.61. The van der Waals surface area contributed by atoms with Crippen molar-refractivity contribution in [3.8, 4) is 0 Å². The summed E-state index contributed by atoms with van der Waals surface area (Å²) in [4.78, 5) is 25.5. The first-order chi connectivity index (χ1) is 12.1. The number of carbonyl (C=O) groups is 2. The van der Waals surface area contributed by atoms with E-state index >= 15 is 0 Å². The first-order valence-electron chi connectivity index (χ1n) is 8.99. The van der Waals surface area contributed by atoms with Gasteiger partial charge in [0.05, 0.1) is 12.2 Å². The quantitative estimate of drug-likeness (QED) is 0.401. The number of unbranched alkanes of at least 4 members (excludes halogenated alkanes) is 3. The van der Waals surface area contributed by atoms with Crippen molar-refractivity contribution in [2.24, 2.45) is 0 Å². The van der Waals surface area contributed by atoms with Gasteiger partial charge in [-0.2, -0.15) is 0 Å². The van der Waals surface area contributed by atoms with E-state index in [-0.39, 0.29) is 17.0 Å². The number of thiocarbonyl (C=S) groups is 1. The Morgan fingerprint density at radius 1 is 1.20 bits per heavy atom. The largest absolute Gasteiger partial charge is 0.462 e. The number of rotatable bonds is 8. The molecule has 1 aromatic heterocycles. The van der Waals surface area contributed by atoms with Crippen LogP contribution in [-0.2, 0) is 22.4 Å². The number of amides is 1. The number of nitrogens with one attached hydrogen (secondary N) is 2. The molecule has 0 saturated heterocycles. The van der Waals surface area contributed by atoms with E-state index in [0.717, 1.165) is 50.5 Å². The van der Waals surface area contributed by atoms with Crippen LogP contribution in [0.1, 0.15) is 73.2 Å². The Morgan fingerprint density at radius 2 is 2.00 bits per heavy atom. The lowest BCUT2D eigenvalue weighted by Crippen LogP contribution is -2.34. The van der Waals surface area contributed by atoms with Crippen LogP contribution in [0.5, 0.6) is 0 Å². The predicted molar refractivity (Wildman–Crippen MR) is 105 cm³/mol. The Kier molecular flexibility index (Phi) is 7.84. The van der Waals surface area contributed by atoms with Crippen LogP contribution in [0.2, 0.25) is 0 Å². The van der Waals surface area contributed by atoms with Crippen molar-refractivity contribution in [1.29, 1.82) is 0 Å². The minimum absolute atomic E-state index is 0.0876. The average molecular weight is 383 g/mol. The molecule has 5 nitrogen and oxygen atoms in total. The minimum atomic E-state index is -0.321. The highest BCUT2D eigenvalue weighted by Gasteiger charge is 2.28. The fraction of sp³-hybridized carbons (Fsp3) is 0.611. The van der Waals surface area contributed by atoms with Gasteiger partial charge in [-0.15, -0.1) is 11.3 Å². The summed E-state index contributed by atoms with van der Waals surface area (Å²) < 4.78 is 5.19. The van der Waals surface area contributed by atoms with Crippen LogP contribution in [0, 0.1) is 0 Å². The smallest absolute Gasteiger partial charge is 0.341 e. The minimum Gasteiger partial charge on any atom is -0.462 e. The number of hydrogen-bond acceptors (Lipinski definition) is 5. The van der Waals surface area contributed by atoms with Crippen molar-refractivity contribution in [3.05, 3.63) is 16.0 Å². The second-order valence-electron chi connectivity index (χ2n) is 6.09. The number of carbonyl (C=O) groups excluding carboxylic acids is 2. The fourth-order valence-electron chi connectivity index (χ4n) is 2.95. The molecule has 0 atom stereocenters. The van der Waals surface area contributed by atoms with Crippen LogP contribution >= 0.6 is 23.6 Å². The maximum absolute atomic E-state index is 12.3. The van der Waals surface area contributed by atoms with Crippen molar-refractivity contribution >= 4 is 45.5 Å². The van der Waals surface area contributed by atoms with Crippen molar-refractivity contribution in [2.75, 3.05) is 11.9 Å². The molecule has 7 heteroatoms. The van der Waals surface area contributed by atoms with E-state index in [2.05, 4.69) is 17.6 Å². The van der Waals surface area contributed by atoms with Gasteiger partial charge >= 0.3 is 5.97 Å². The van der Waals surface area contributed by atoms with Crippen LogP contribution in [0.3, 0.4) is 0 Å². The number of anilines is 1. The summed E-state index contributed by atoms with van der Waals surface area (Å²) in [6, 6.07) is 0. The molecule has 0 bridgehead atoms. The lowest BCUT2D eigenvalue weighted by atomic mass is 10.1. The molecule has 0 aliphatic heterocycles. The molecule has 2 rings (SSSR count). The van der Waals surface area contributed by atoms with Gasteiger partial charge in [0.25, 0.3) is 0 Å². The van der Waals surface area contributed by atoms with Gasteiger partial charge in [-0.25, -0.2) is 4.79 Å². The molecule has 1 aromatic rings. The van der Waals surface area contributed by atoms with E-state index in [9.17, 15) is 9.59 Å². The first-order valence-corrected chi connectivity index (χ1v) is 10.2. The zero-order valence-electron chi connectivity index (χ0n) is 14.9. The first kappa shape index (κ1) is 19.8. The zero-order chi connectivity index (χ0) is 18.2. The molecule has 2 N–H and O–H groups in total. The lowest BCUT2D eigenvalue weighted by Gasteiger charge is -2.10. The van der Waals surface area contributed by atoms with Crippen molar-refractivity contribution < 1.29 is 14.3 Å². The molecule has 25 heavy (non-hydrogen) atoms. The van der Waals surface area contributed by atoms with Crippen LogP contribution < -0.4 is 10.6 Å². The molecule has 0 fully saturated rings. The van der Waals surface area contributed by atoms with Gasteiger partial charge in [0.2, 0.25) is 5.91 Å². The van der Waals surface area contributed by atoms with Crippen molar-refractivity contribution in [2.45, 2.75) is 65.2 Å². The topological polar surface area (TPSA) is 67.4 Å². The van der Waals surface area contributed by atoms with Crippen LogP contribution in [-0.4, -0.2) is 23.6 Å². The third kappa shape index (κ3) is 5.51. The van der Waals surface area contributed by atoms with Crippen molar-refractivity contribution in [3.63, 3.8) is 0 Å². The number of hydrogen-bond donors (Lipinski definition) is 2. The number of thiophene rings is 1. The summed E-state index contributed by atoms with van der Waals surface area (Å²) in [5, 5.41) is 6.65. The lowest BCUT2D eigenvalue weighted by molar-refractivity contribution is -0.119. The third-order valence-corrected chi connectivity index (χ3v) is 5.55. The molecule has 1 heterocycles. The molecule has 0 radical (unpaired) electrons. The number of esters is 1. The summed E-state index contributed by atoms with van der Waals surface area (Å²) in [6.45, 7) is 4.27.